The van der Waals surface area contributed by atoms with Crippen molar-refractivity contribution in [2.45, 2.75) is 19.9 Å². The molecule has 0 heterocycles. The summed E-state index contributed by atoms with van der Waals surface area (Å²) in [6, 6.07) is 0.128. The molecule has 0 atom stereocenters. The molecule has 0 saturated carbocycles. The van der Waals surface area contributed by atoms with Crippen LogP contribution in [-0.4, -0.2) is 29.4 Å². The molecule has 4 nitrogen and oxygen atoms in total. The van der Waals surface area contributed by atoms with Crippen LogP contribution in [0.25, 0.3) is 0 Å². The van der Waals surface area contributed by atoms with E-state index in [-0.39, 0.29) is 11.6 Å². The topological polar surface area (TPSA) is 76.3 Å². The van der Waals surface area contributed by atoms with Crippen molar-refractivity contribution in [2.75, 3.05) is 0 Å². The quantitative estimate of drug-likeness (QED) is 0.328. The van der Waals surface area contributed by atoms with E-state index >= 15 is 0 Å². The first-order valence-corrected chi connectivity index (χ1v) is 3.41. The molecular formula is C6H13BN2O2. The van der Waals surface area contributed by atoms with Crippen molar-refractivity contribution in [2.24, 2.45) is 0 Å². The largest absolute Gasteiger partial charge is 0.505 e. The molecule has 0 bridgehead atoms. The Morgan fingerprint density at radius 3 is 2.36 bits per heavy atom. The van der Waals surface area contributed by atoms with Crippen LogP contribution in [-0.2, 0) is 0 Å². The van der Waals surface area contributed by atoms with Crippen molar-refractivity contribution < 1.29 is 10.0 Å². The van der Waals surface area contributed by atoms with Gasteiger partial charge in [-0.1, -0.05) is 0 Å². The third-order valence-corrected chi connectivity index (χ3v) is 0.996. The summed E-state index contributed by atoms with van der Waals surface area (Å²) in [6.07, 6.45) is 2.31. The lowest BCUT2D eigenvalue weighted by atomic mass is 9.85. The van der Waals surface area contributed by atoms with Gasteiger partial charge in [0.2, 0.25) is 0 Å². The Hall–Kier alpha value is -0.805. The first-order valence-electron chi connectivity index (χ1n) is 3.41. The first-order chi connectivity index (χ1) is 5.07. The van der Waals surface area contributed by atoms with Gasteiger partial charge in [0, 0.05) is 17.9 Å². The van der Waals surface area contributed by atoms with Gasteiger partial charge in [0.25, 0.3) is 0 Å². The second-order valence-electron chi connectivity index (χ2n) is 2.46. The molecular weight excluding hydrogens is 143 g/mol. The van der Waals surface area contributed by atoms with Crippen LogP contribution in [0, 0.1) is 5.41 Å². The number of hydrogen-bond donors (Lipinski definition) is 4. The molecule has 0 rings (SSSR count). The van der Waals surface area contributed by atoms with E-state index in [9.17, 15) is 0 Å². The molecule has 4 N–H and O–H groups in total. The second-order valence-corrected chi connectivity index (χ2v) is 2.46. The van der Waals surface area contributed by atoms with Crippen molar-refractivity contribution in [1.82, 2.24) is 5.32 Å². The van der Waals surface area contributed by atoms with E-state index in [0.717, 1.165) is 6.21 Å². The Morgan fingerprint density at radius 1 is 1.55 bits per heavy atom. The molecule has 0 aromatic heterocycles. The van der Waals surface area contributed by atoms with Gasteiger partial charge in [-0.3, -0.25) is 0 Å². The van der Waals surface area contributed by atoms with Crippen LogP contribution in [0.4, 0.5) is 0 Å². The molecule has 0 aromatic carbocycles. The smallest absolute Gasteiger partial charge is 0.422 e. The highest BCUT2D eigenvalue weighted by Gasteiger charge is 2.14. The molecule has 0 aliphatic carbocycles. The van der Waals surface area contributed by atoms with Gasteiger partial charge in [-0.05, 0) is 19.9 Å². The third-order valence-electron chi connectivity index (χ3n) is 0.996. The Morgan fingerprint density at radius 2 is 2.09 bits per heavy atom. The molecule has 62 valence electrons. The fourth-order valence-corrected chi connectivity index (χ4v) is 0.632. The van der Waals surface area contributed by atoms with E-state index in [2.05, 4.69) is 5.32 Å². The number of nitrogens with one attached hydrogen (secondary N) is 2. The molecule has 0 radical (unpaired) electrons. The Kier molecular flexibility index (Phi) is 4.57. The van der Waals surface area contributed by atoms with Crippen LogP contribution in [0.1, 0.15) is 13.8 Å². The normalized spacial score (nSPS) is 11.5. The van der Waals surface area contributed by atoms with Crippen LogP contribution < -0.4 is 5.32 Å². The third kappa shape index (κ3) is 4.58. The maximum Gasteiger partial charge on any atom is 0.505 e. The van der Waals surface area contributed by atoms with Crippen LogP contribution in [0.3, 0.4) is 0 Å². The molecule has 0 spiro atoms. The predicted octanol–water partition coefficient (Wildman–Crippen LogP) is -0.470. The summed E-state index contributed by atoms with van der Waals surface area (Å²) in [5.74, 6) is 0. The second kappa shape index (κ2) is 4.93. The molecule has 0 saturated heterocycles. The summed E-state index contributed by atoms with van der Waals surface area (Å²) in [5.41, 5.74) is 0.245. The summed E-state index contributed by atoms with van der Waals surface area (Å²) in [6.45, 7) is 3.75. The van der Waals surface area contributed by atoms with Gasteiger partial charge in [-0.25, -0.2) is 0 Å². The summed E-state index contributed by atoms with van der Waals surface area (Å²) in [7, 11) is -1.53. The highest BCUT2D eigenvalue weighted by Crippen LogP contribution is 1.92. The van der Waals surface area contributed by atoms with Gasteiger partial charge in [-0.15, -0.1) is 0 Å². The molecule has 5 heteroatoms. The van der Waals surface area contributed by atoms with Crippen LogP contribution in [0.15, 0.2) is 11.7 Å². The van der Waals surface area contributed by atoms with Crippen molar-refractivity contribution in [3.05, 3.63) is 11.7 Å². The Bertz CT molecular complexity index is 157. The maximum absolute atomic E-state index is 8.71. The van der Waals surface area contributed by atoms with E-state index in [1.807, 2.05) is 13.8 Å². The maximum atomic E-state index is 8.71. The highest BCUT2D eigenvalue weighted by atomic mass is 16.4. The number of allylic oxidation sites excluding steroid dienone is 1. The van der Waals surface area contributed by atoms with E-state index in [1.165, 1.54) is 6.08 Å². The zero-order valence-electron chi connectivity index (χ0n) is 6.70. The predicted molar refractivity (Wildman–Crippen MR) is 45.3 cm³/mol. The minimum atomic E-state index is -1.53. The van der Waals surface area contributed by atoms with Crippen molar-refractivity contribution >= 4 is 13.3 Å². The monoisotopic (exact) mass is 156 g/mol. The van der Waals surface area contributed by atoms with Gasteiger partial charge >= 0.3 is 7.12 Å². The minimum Gasteiger partial charge on any atom is -0.422 e. The van der Waals surface area contributed by atoms with Gasteiger partial charge < -0.3 is 20.8 Å². The van der Waals surface area contributed by atoms with Crippen LogP contribution >= 0.6 is 0 Å². The van der Waals surface area contributed by atoms with Crippen molar-refractivity contribution in [3.8, 4) is 0 Å². The van der Waals surface area contributed by atoms with E-state index in [1.54, 1.807) is 0 Å². The molecule has 0 amide bonds. The Balaban J connectivity index is 4.11. The SMILES string of the molecule is CC(C)N/C(=C\C=N)B(O)O. The summed E-state index contributed by atoms with van der Waals surface area (Å²) >= 11 is 0. The summed E-state index contributed by atoms with van der Waals surface area (Å²) in [4.78, 5) is 0. The van der Waals surface area contributed by atoms with Gasteiger partial charge in [0.15, 0.2) is 0 Å². The fraction of sp³-hybridized carbons (Fsp3) is 0.500. The Labute approximate surface area is 66.6 Å². The van der Waals surface area contributed by atoms with Crippen LogP contribution in [0.2, 0.25) is 0 Å². The lowest BCUT2D eigenvalue weighted by Crippen LogP contribution is -2.32. The molecule has 0 fully saturated rings. The molecule has 0 unspecified atom stereocenters. The first kappa shape index (κ1) is 10.2. The van der Waals surface area contributed by atoms with E-state index in [0.29, 0.717) is 0 Å². The minimum absolute atomic E-state index is 0.128. The summed E-state index contributed by atoms with van der Waals surface area (Å²) < 4.78 is 0. The highest BCUT2D eigenvalue weighted by molar-refractivity contribution is 6.50. The van der Waals surface area contributed by atoms with E-state index < -0.39 is 7.12 Å². The molecule has 0 aliphatic heterocycles. The number of rotatable bonds is 4. The number of hydrogen-bond acceptors (Lipinski definition) is 4. The van der Waals surface area contributed by atoms with Gasteiger partial charge in [0.05, 0.1) is 0 Å². The standard InChI is InChI=1S/C6H13BN2O2/c1-5(2)9-6(3-4-8)7(10)11/h3-5,8-11H,1-2H3/b6-3-,8-4?. The average Bonchev–Trinajstić information content (AvgIpc) is 1.86. The molecule has 0 aromatic rings. The average molecular weight is 156 g/mol. The zero-order chi connectivity index (χ0) is 8.85. The van der Waals surface area contributed by atoms with E-state index in [4.69, 9.17) is 15.5 Å². The van der Waals surface area contributed by atoms with Crippen molar-refractivity contribution in [1.29, 1.82) is 5.41 Å². The van der Waals surface area contributed by atoms with Crippen molar-refractivity contribution in [3.63, 3.8) is 0 Å². The lowest BCUT2D eigenvalue weighted by Gasteiger charge is -2.12. The van der Waals surface area contributed by atoms with Gasteiger partial charge in [-0.2, -0.15) is 0 Å². The summed E-state index contributed by atoms with van der Waals surface area (Å²) in [5, 5.41) is 26.9. The molecule has 11 heavy (non-hydrogen) atoms. The molecule has 0 aliphatic rings. The zero-order valence-corrected chi connectivity index (χ0v) is 6.70. The fourth-order valence-electron chi connectivity index (χ4n) is 0.632. The lowest BCUT2D eigenvalue weighted by molar-refractivity contribution is 0.411. The van der Waals surface area contributed by atoms with Gasteiger partial charge in [0.1, 0.15) is 0 Å². The van der Waals surface area contributed by atoms with Crippen LogP contribution in [0.5, 0.6) is 0 Å².